The molecule has 7 nitrogen and oxygen atoms in total. The van der Waals surface area contributed by atoms with E-state index in [2.05, 4.69) is 58.3 Å². The summed E-state index contributed by atoms with van der Waals surface area (Å²) < 4.78 is 15.9. The van der Waals surface area contributed by atoms with Gasteiger partial charge in [-0.15, -0.1) is 23.1 Å². The van der Waals surface area contributed by atoms with Crippen LogP contribution in [0.15, 0.2) is 77.7 Å². The largest absolute Gasteiger partial charge is 0.497 e. The van der Waals surface area contributed by atoms with Crippen LogP contribution >= 0.6 is 23.1 Å². The molecule has 0 spiro atoms. The normalized spacial score (nSPS) is 13.6. The van der Waals surface area contributed by atoms with Gasteiger partial charge in [0.15, 0.2) is 6.61 Å². The van der Waals surface area contributed by atoms with Gasteiger partial charge in [-0.3, -0.25) is 4.90 Å². The van der Waals surface area contributed by atoms with Crippen molar-refractivity contribution < 1.29 is 19.0 Å². The molecule has 2 heterocycles. The lowest BCUT2D eigenvalue weighted by molar-refractivity contribution is -0.145. The molecule has 0 bridgehead atoms. The van der Waals surface area contributed by atoms with Gasteiger partial charge >= 0.3 is 5.97 Å². The van der Waals surface area contributed by atoms with Crippen LogP contribution in [-0.4, -0.2) is 62.4 Å². The number of carbonyl (C=O) groups is 1. The van der Waals surface area contributed by atoms with E-state index < -0.39 is 0 Å². The van der Waals surface area contributed by atoms with Crippen LogP contribution in [0, 0.1) is 6.92 Å². The number of piperazine rings is 1. The maximum atomic E-state index is 11.7. The van der Waals surface area contributed by atoms with Crippen molar-refractivity contribution >= 4 is 34.8 Å². The van der Waals surface area contributed by atoms with Crippen LogP contribution in [0.3, 0.4) is 0 Å². The summed E-state index contributed by atoms with van der Waals surface area (Å²) in [7, 11) is 1.70. The van der Waals surface area contributed by atoms with Crippen molar-refractivity contribution in [3.8, 4) is 22.1 Å². The van der Waals surface area contributed by atoms with Crippen LogP contribution in [0.5, 0.6) is 11.5 Å². The number of nitrogens with zero attached hydrogens (tertiary/aromatic N) is 3. The Morgan fingerprint density at radius 3 is 2.45 bits per heavy atom. The molecule has 0 N–H and O–H groups in total. The van der Waals surface area contributed by atoms with E-state index in [1.807, 2.05) is 31.2 Å². The summed E-state index contributed by atoms with van der Waals surface area (Å²) in [4.78, 5) is 24.2. The molecule has 1 aliphatic heterocycles. The minimum atomic E-state index is -0.357. The molecule has 1 aromatic heterocycles. The number of aromatic nitrogens is 1. The molecule has 0 aliphatic carbocycles. The quantitative estimate of drug-likeness (QED) is 0.131. The molecule has 1 saturated heterocycles. The number of ether oxygens (including phenoxy) is 3. The fourth-order valence-corrected chi connectivity index (χ4v) is 7.03. The molecule has 0 saturated carbocycles. The number of carbonyl (C=O) groups excluding carboxylic acids is 1. The highest BCUT2D eigenvalue weighted by Crippen LogP contribution is 2.35. The first-order valence-corrected chi connectivity index (χ1v) is 16.0. The molecule has 1 aliphatic rings. The third-order valence-electron chi connectivity index (χ3n) is 7.15. The van der Waals surface area contributed by atoms with E-state index in [0.717, 1.165) is 71.0 Å². The summed E-state index contributed by atoms with van der Waals surface area (Å²) in [5.41, 5.74) is 4.55. The second-order valence-electron chi connectivity index (χ2n) is 10.0. The summed E-state index contributed by atoms with van der Waals surface area (Å²) >= 11 is 3.59. The fourth-order valence-electron chi connectivity index (χ4n) is 4.85. The van der Waals surface area contributed by atoms with Crippen LogP contribution in [-0.2, 0) is 21.8 Å². The number of esters is 1. The van der Waals surface area contributed by atoms with E-state index in [1.165, 1.54) is 10.6 Å². The fraction of sp³-hybridized carbons (Fsp3) is 0.333. The molecular weight excluding hydrogens is 567 g/mol. The van der Waals surface area contributed by atoms with Crippen molar-refractivity contribution in [3.05, 3.63) is 88.9 Å². The minimum Gasteiger partial charge on any atom is -0.497 e. The molecular formula is C33H37N3O4S2. The first-order chi connectivity index (χ1) is 20.5. The van der Waals surface area contributed by atoms with Crippen molar-refractivity contribution in [2.45, 2.75) is 31.0 Å². The molecule has 1 fully saturated rings. The van der Waals surface area contributed by atoms with E-state index >= 15 is 0 Å². The van der Waals surface area contributed by atoms with Crippen LogP contribution in [0.25, 0.3) is 10.6 Å². The third-order valence-corrected chi connectivity index (χ3v) is 9.50. The number of rotatable bonds is 12. The zero-order valence-electron chi connectivity index (χ0n) is 24.4. The number of thioether (sulfide) groups is 1. The predicted octanol–water partition coefficient (Wildman–Crippen LogP) is 6.68. The standard InChI is InChI=1S/C33H37N3O4S2/c1-4-39-32(37)22-40-30-15-14-28(20-24(30)2)41-23-31-29(34-33(42-31)25-8-6-5-7-9-25)21-35-16-18-36(19-17-35)26-10-12-27(38-3)13-11-26/h5-15,20H,4,16-19,21-23H2,1-3H3. The van der Waals surface area contributed by atoms with Crippen molar-refractivity contribution in [1.29, 1.82) is 0 Å². The average molecular weight is 604 g/mol. The number of hydrogen-bond donors (Lipinski definition) is 0. The van der Waals surface area contributed by atoms with Crippen LogP contribution in [0.4, 0.5) is 5.69 Å². The Balaban J connectivity index is 1.24. The van der Waals surface area contributed by atoms with Crippen LogP contribution in [0.1, 0.15) is 23.1 Å². The SMILES string of the molecule is CCOC(=O)COc1ccc(SCc2sc(-c3ccccc3)nc2CN2CCN(c3ccc(OC)cc3)CC2)cc1C. The van der Waals surface area contributed by atoms with Gasteiger partial charge in [0.2, 0.25) is 0 Å². The summed E-state index contributed by atoms with van der Waals surface area (Å²) in [5, 5.41) is 1.07. The Kier molecular flexibility index (Phi) is 10.4. The lowest BCUT2D eigenvalue weighted by Gasteiger charge is -2.36. The van der Waals surface area contributed by atoms with Gasteiger partial charge in [0, 0.05) is 59.5 Å². The molecule has 0 atom stereocenters. The van der Waals surface area contributed by atoms with E-state index in [4.69, 9.17) is 19.2 Å². The highest BCUT2D eigenvalue weighted by atomic mass is 32.2. The molecule has 0 radical (unpaired) electrons. The van der Waals surface area contributed by atoms with Crippen molar-refractivity contribution in [3.63, 3.8) is 0 Å². The van der Waals surface area contributed by atoms with Gasteiger partial charge in [0.1, 0.15) is 16.5 Å². The Bertz CT molecular complexity index is 1450. The third kappa shape index (κ3) is 7.85. The number of methoxy groups -OCH3 is 1. The highest BCUT2D eigenvalue weighted by molar-refractivity contribution is 7.98. The Morgan fingerprint density at radius 1 is 1.00 bits per heavy atom. The lowest BCUT2D eigenvalue weighted by atomic mass is 10.2. The Labute approximate surface area is 256 Å². The monoisotopic (exact) mass is 603 g/mol. The first-order valence-electron chi connectivity index (χ1n) is 14.2. The average Bonchev–Trinajstić information content (AvgIpc) is 3.43. The zero-order chi connectivity index (χ0) is 29.3. The Morgan fingerprint density at radius 2 is 1.76 bits per heavy atom. The minimum absolute atomic E-state index is 0.0813. The molecule has 220 valence electrons. The first kappa shape index (κ1) is 29.9. The molecule has 3 aromatic carbocycles. The number of aryl methyl sites for hydroxylation is 1. The second-order valence-corrected chi connectivity index (χ2v) is 12.2. The molecule has 4 aromatic rings. The lowest BCUT2D eigenvalue weighted by Crippen LogP contribution is -2.46. The van der Waals surface area contributed by atoms with Crippen molar-refractivity contribution in [2.24, 2.45) is 0 Å². The summed E-state index contributed by atoms with van der Waals surface area (Å²) in [6.07, 6.45) is 0. The number of hydrogen-bond acceptors (Lipinski definition) is 9. The Hall–Kier alpha value is -3.53. The van der Waals surface area contributed by atoms with E-state index in [-0.39, 0.29) is 12.6 Å². The molecule has 5 rings (SSSR count). The van der Waals surface area contributed by atoms with E-state index in [9.17, 15) is 4.79 Å². The maximum Gasteiger partial charge on any atom is 0.344 e. The van der Waals surface area contributed by atoms with Gasteiger partial charge in [-0.25, -0.2) is 9.78 Å². The van der Waals surface area contributed by atoms with Crippen LogP contribution in [0.2, 0.25) is 0 Å². The maximum absolute atomic E-state index is 11.7. The molecule has 0 unspecified atom stereocenters. The van der Waals surface area contributed by atoms with Crippen molar-refractivity contribution in [1.82, 2.24) is 9.88 Å². The number of thiazole rings is 1. The number of anilines is 1. The molecule has 42 heavy (non-hydrogen) atoms. The topological polar surface area (TPSA) is 64.1 Å². The summed E-state index contributed by atoms with van der Waals surface area (Å²) in [5.74, 6) is 2.07. The molecule has 0 amide bonds. The van der Waals surface area contributed by atoms with Gasteiger partial charge in [-0.1, -0.05) is 30.3 Å². The van der Waals surface area contributed by atoms with Gasteiger partial charge in [-0.05, 0) is 61.9 Å². The number of benzene rings is 3. The van der Waals surface area contributed by atoms with E-state index in [1.54, 1.807) is 37.1 Å². The zero-order valence-corrected chi connectivity index (χ0v) is 26.0. The van der Waals surface area contributed by atoms with Gasteiger partial charge < -0.3 is 19.1 Å². The second kappa shape index (κ2) is 14.6. The van der Waals surface area contributed by atoms with Gasteiger partial charge in [0.25, 0.3) is 0 Å². The van der Waals surface area contributed by atoms with Crippen molar-refractivity contribution in [2.75, 3.05) is 51.4 Å². The predicted molar refractivity (Wildman–Crippen MR) is 171 cm³/mol. The summed E-state index contributed by atoms with van der Waals surface area (Å²) in [6, 6.07) is 24.9. The highest BCUT2D eigenvalue weighted by Gasteiger charge is 2.21. The smallest absolute Gasteiger partial charge is 0.344 e. The van der Waals surface area contributed by atoms with Gasteiger partial charge in [0.05, 0.1) is 19.4 Å². The molecule has 9 heteroatoms. The van der Waals surface area contributed by atoms with Crippen LogP contribution < -0.4 is 14.4 Å². The summed E-state index contributed by atoms with van der Waals surface area (Å²) in [6.45, 7) is 8.84. The van der Waals surface area contributed by atoms with E-state index in [0.29, 0.717) is 12.4 Å². The van der Waals surface area contributed by atoms with Gasteiger partial charge in [-0.2, -0.15) is 0 Å².